The molecule has 2 N–H and O–H groups in total. The molecule has 0 spiro atoms. The van der Waals surface area contributed by atoms with Gasteiger partial charge in [-0.3, -0.25) is 9.59 Å². The molecule has 14 heteroatoms. The minimum Gasteiger partial charge on any atom is -0.466 e. The van der Waals surface area contributed by atoms with Crippen molar-refractivity contribution in [2.75, 3.05) is 20.7 Å². The Morgan fingerprint density at radius 2 is 1.69 bits per heavy atom. The second-order valence-corrected chi connectivity index (χ2v) is 12.2. The molecule has 35 heavy (non-hydrogen) atoms. The summed E-state index contributed by atoms with van der Waals surface area (Å²) in [5, 5.41) is 5.23. The van der Waals surface area contributed by atoms with Gasteiger partial charge in [0, 0.05) is 26.2 Å². The molecule has 11 nitrogen and oxygen atoms in total. The zero-order valence-electron chi connectivity index (χ0n) is 19.2. The fourth-order valence-electron chi connectivity index (χ4n) is 3.10. The van der Waals surface area contributed by atoms with Crippen molar-refractivity contribution in [2.45, 2.75) is 29.7 Å². The van der Waals surface area contributed by atoms with E-state index in [1.54, 1.807) is 11.5 Å². The number of nitrogens with two attached hydrogens (primary N) is 1. The summed E-state index contributed by atoms with van der Waals surface area (Å²) in [6, 6.07) is 9.59. The largest absolute Gasteiger partial charge is 0.466 e. The van der Waals surface area contributed by atoms with E-state index in [1.807, 2.05) is 0 Å². The molecule has 0 radical (unpaired) electrons. The van der Waals surface area contributed by atoms with Gasteiger partial charge >= 0.3 is 5.97 Å². The number of carbonyl (C=O) groups is 2. The summed E-state index contributed by atoms with van der Waals surface area (Å²) in [6.45, 7) is 2.05. The van der Waals surface area contributed by atoms with Crippen LogP contribution in [0.15, 0.2) is 57.2 Å². The predicted molar refractivity (Wildman–Crippen MR) is 130 cm³/mol. The van der Waals surface area contributed by atoms with Crippen LogP contribution in [0, 0.1) is 0 Å². The van der Waals surface area contributed by atoms with Crippen molar-refractivity contribution in [1.82, 2.24) is 8.87 Å². The van der Waals surface area contributed by atoms with E-state index in [9.17, 15) is 26.4 Å². The van der Waals surface area contributed by atoms with Crippen molar-refractivity contribution in [3.05, 3.63) is 52.8 Å². The maximum absolute atomic E-state index is 12.9. The molecule has 0 aliphatic heterocycles. The first kappa shape index (κ1) is 26.7. The highest BCUT2D eigenvalue weighted by Gasteiger charge is 2.18. The van der Waals surface area contributed by atoms with Crippen molar-refractivity contribution in [3.8, 4) is 0 Å². The number of aryl methyl sites for hydroxylation is 1. The maximum atomic E-state index is 12.9. The maximum Gasteiger partial charge on any atom is 0.307 e. The number of hydrogen-bond acceptors (Lipinski definition) is 8. The molecule has 2 aromatic carbocycles. The molecular formula is C21H24N4O7S3. The van der Waals surface area contributed by atoms with Crippen LogP contribution in [0.25, 0.3) is 10.2 Å². The number of thiazole rings is 1. The highest BCUT2D eigenvalue weighted by molar-refractivity contribution is 7.89. The normalized spacial score (nSPS) is 12.9. The van der Waals surface area contributed by atoms with Gasteiger partial charge in [0.1, 0.15) is 0 Å². The predicted octanol–water partition coefficient (Wildman–Crippen LogP) is 1.29. The molecule has 1 heterocycles. The van der Waals surface area contributed by atoms with Crippen molar-refractivity contribution in [3.63, 3.8) is 0 Å². The molecule has 3 rings (SSSR count). The number of ether oxygens (including phenoxy) is 1. The molecule has 0 bridgehead atoms. The second-order valence-electron chi connectivity index (χ2n) is 7.49. The van der Waals surface area contributed by atoms with E-state index in [4.69, 9.17) is 9.88 Å². The van der Waals surface area contributed by atoms with Crippen LogP contribution in [0.3, 0.4) is 0 Å². The number of benzene rings is 2. The average molecular weight is 541 g/mol. The first-order valence-electron chi connectivity index (χ1n) is 10.3. The number of carbonyl (C=O) groups excluding carboxylic acids is 2. The summed E-state index contributed by atoms with van der Waals surface area (Å²) in [5.41, 5.74) is 0.716. The van der Waals surface area contributed by atoms with Crippen molar-refractivity contribution in [1.29, 1.82) is 0 Å². The van der Waals surface area contributed by atoms with Crippen LogP contribution >= 0.6 is 11.3 Å². The van der Waals surface area contributed by atoms with Crippen molar-refractivity contribution >= 4 is 53.5 Å². The van der Waals surface area contributed by atoms with E-state index >= 15 is 0 Å². The Morgan fingerprint density at radius 1 is 1.06 bits per heavy atom. The Labute approximate surface area is 206 Å². The minimum absolute atomic E-state index is 0.00901. The van der Waals surface area contributed by atoms with Crippen LogP contribution in [-0.4, -0.2) is 58.3 Å². The third-order valence-corrected chi connectivity index (χ3v) is 8.69. The smallest absolute Gasteiger partial charge is 0.307 e. The molecule has 0 atom stereocenters. The van der Waals surface area contributed by atoms with E-state index in [-0.39, 0.29) is 39.7 Å². The summed E-state index contributed by atoms with van der Waals surface area (Å²) in [4.78, 5) is 29.1. The van der Waals surface area contributed by atoms with Gasteiger partial charge in [0.2, 0.25) is 20.0 Å². The Balaban J connectivity index is 2.06. The van der Waals surface area contributed by atoms with Crippen LogP contribution in [0.2, 0.25) is 0 Å². The van der Waals surface area contributed by atoms with E-state index in [1.165, 1.54) is 56.6 Å². The molecular weight excluding hydrogens is 516 g/mol. The summed E-state index contributed by atoms with van der Waals surface area (Å²) in [6.07, 6.45) is 0.00901. The lowest BCUT2D eigenvalue weighted by Crippen LogP contribution is -2.22. The van der Waals surface area contributed by atoms with E-state index in [2.05, 4.69) is 4.99 Å². The van der Waals surface area contributed by atoms with E-state index in [0.717, 1.165) is 15.6 Å². The van der Waals surface area contributed by atoms with E-state index in [0.29, 0.717) is 10.2 Å². The van der Waals surface area contributed by atoms with Gasteiger partial charge in [0.25, 0.3) is 5.91 Å². The van der Waals surface area contributed by atoms with Crippen LogP contribution < -0.4 is 9.94 Å². The average Bonchev–Trinajstić information content (AvgIpc) is 3.13. The van der Waals surface area contributed by atoms with Gasteiger partial charge in [0.15, 0.2) is 4.80 Å². The number of esters is 1. The van der Waals surface area contributed by atoms with Crippen LogP contribution in [0.1, 0.15) is 23.7 Å². The SMILES string of the molecule is CCOC(=O)CCn1c(=NC(=O)c2ccc(S(=O)(=O)N(C)C)cc2)sc2cc(S(N)(=O)=O)ccc21. The molecule has 0 saturated heterocycles. The van der Waals surface area contributed by atoms with Gasteiger partial charge in [-0.25, -0.2) is 26.3 Å². The molecule has 1 amide bonds. The Kier molecular flexibility index (Phi) is 7.91. The van der Waals surface area contributed by atoms with Crippen LogP contribution in [0.4, 0.5) is 0 Å². The molecule has 0 aliphatic rings. The Bertz CT molecular complexity index is 1550. The first-order chi connectivity index (χ1) is 16.3. The van der Waals surface area contributed by atoms with Gasteiger partial charge < -0.3 is 9.30 Å². The van der Waals surface area contributed by atoms with Crippen molar-refractivity contribution in [2.24, 2.45) is 10.1 Å². The summed E-state index contributed by atoms with van der Waals surface area (Å²) in [7, 11) is -4.79. The zero-order valence-corrected chi connectivity index (χ0v) is 21.6. The number of rotatable bonds is 8. The first-order valence-corrected chi connectivity index (χ1v) is 14.1. The van der Waals surface area contributed by atoms with Gasteiger partial charge in [-0.05, 0) is 49.4 Å². The molecule has 3 aromatic rings. The summed E-state index contributed by atoms with van der Waals surface area (Å²) in [5.74, 6) is -1.07. The minimum atomic E-state index is -3.95. The van der Waals surface area contributed by atoms with Crippen molar-refractivity contribution < 1.29 is 31.2 Å². The highest BCUT2D eigenvalue weighted by atomic mass is 32.2. The lowest BCUT2D eigenvalue weighted by molar-refractivity contribution is -0.143. The summed E-state index contributed by atoms with van der Waals surface area (Å²) >= 11 is 1.05. The molecule has 188 valence electrons. The third-order valence-electron chi connectivity index (χ3n) is 4.90. The number of primary sulfonamides is 1. The van der Waals surface area contributed by atoms with Crippen LogP contribution in [0.5, 0.6) is 0 Å². The number of fused-ring (bicyclic) bond motifs is 1. The third kappa shape index (κ3) is 6.02. The number of sulfonamides is 2. The van der Waals surface area contributed by atoms with Gasteiger partial charge in [-0.1, -0.05) is 11.3 Å². The second kappa shape index (κ2) is 10.4. The molecule has 0 saturated carbocycles. The monoisotopic (exact) mass is 540 g/mol. The standard InChI is InChI=1S/C21H24N4O7S3/c1-4-32-19(26)11-12-25-17-10-9-16(34(22,28)29)13-18(17)33-21(25)23-20(27)14-5-7-15(8-6-14)35(30,31)24(2)3/h5-10,13H,4,11-12H2,1-3H3,(H2,22,28,29). The molecule has 0 aliphatic carbocycles. The zero-order chi connectivity index (χ0) is 26.0. The van der Waals surface area contributed by atoms with Gasteiger partial charge in [-0.15, -0.1) is 0 Å². The summed E-state index contributed by atoms with van der Waals surface area (Å²) < 4.78 is 56.1. The number of aromatic nitrogens is 1. The molecule has 0 unspecified atom stereocenters. The Morgan fingerprint density at radius 3 is 2.26 bits per heavy atom. The molecule has 0 fully saturated rings. The lowest BCUT2D eigenvalue weighted by Gasteiger charge is -2.11. The van der Waals surface area contributed by atoms with Gasteiger partial charge in [0.05, 0.1) is 33.0 Å². The van der Waals surface area contributed by atoms with Gasteiger partial charge in [-0.2, -0.15) is 4.99 Å². The lowest BCUT2D eigenvalue weighted by atomic mass is 10.2. The Hall–Kier alpha value is -2.91. The molecule has 1 aromatic heterocycles. The topological polar surface area (TPSA) is 158 Å². The number of amides is 1. The number of hydrogen-bond donors (Lipinski definition) is 1. The van der Waals surface area contributed by atoms with E-state index < -0.39 is 31.9 Å². The number of nitrogens with zero attached hydrogens (tertiary/aromatic N) is 3. The highest BCUT2D eigenvalue weighted by Crippen LogP contribution is 2.22. The quantitative estimate of drug-likeness (QED) is 0.422. The fourth-order valence-corrected chi connectivity index (χ4v) is 5.71. The van der Waals surface area contributed by atoms with Crippen LogP contribution in [-0.2, 0) is 36.1 Å². The fraction of sp³-hybridized carbons (Fsp3) is 0.286.